The summed E-state index contributed by atoms with van der Waals surface area (Å²) in [5.41, 5.74) is 1.70. The molecule has 4 nitrogen and oxygen atoms in total. The minimum absolute atomic E-state index is 0.0720. The van der Waals surface area contributed by atoms with Crippen molar-refractivity contribution in [1.82, 2.24) is 4.90 Å². The fourth-order valence-electron chi connectivity index (χ4n) is 2.38. The quantitative estimate of drug-likeness (QED) is 0.780. The van der Waals surface area contributed by atoms with Crippen LogP contribution < -0.4 is 0 Å². The first kappa shape index (κ1) is 18.7. The molecule has 1 atom stereocenters. The molecule has 24 heavy (non-hydrogen) atoms. The van der Waals surface area contributed by atoms with Gasteiger partial charge in [-0.15, -0.1) is 11.3 Å². The molecule has 0 saturated carbocycles. The summed E-state index contributed by atoms with van der Waals surface area (Å²) in [7, 11) is -3.26. The van der Waals surface area contributed by atoms with Gasteiger partial charge in [0.1, 0.15) is 0 Å². The van der Waals surface area contributed by atoms with Gasteiger partial charge in [-0.05, 0) is 61.5 Å². The zero-order valence-corrected chi connectivity index (χ0v) is 16.1. The minimum Gasteiger partial charge on any atom is -0.331 e. The molecule has 0 aliphatic carbocycles. The Balaban J connectivity index is 2.29. The summed E-state index contributed by atoms with van der Waals surface area (Å²) in [6, 6.07) is 8.33. The van der Waals surface area contributed by atoms with Crippen LogP contribution >= 0.6 is 11.3 Å². The van der Waals surface area contributed by atoms with E-state index in [4.69, 9.17) is 0 Å². The molecule has 0 aliphatic rings. The van der Waals surface area contributed by atoms with Crippen LogP contribution in [-0.4, -0.2) is 31.5 Å². The molecule has 130 valence electrons. The Labute approximate surface area is 148 Å². The van der Waals surface area contributed by atoms with E-state index in [-0.39, 0.29) is 16.8 Å². The van der Waals surface area contributed by atoms with Gasteiger partial charge in [-0.2, -0.15) is 0 Å². The highest BCUT2D eigenvalue weighted by atomic mass is 32.2. The molecule has 1 amide bonds. The summed E-state index contributed by atoms with van der Waals surface area (Å²) in [5, 5.41) is 2.03. The van der Waals surface area contributed by atoms with Gasteiger partial charge in [0, 0.05) is 22.7 Å². The molecular weight excluding hydrogens is 342 g/mol. The first-order valence-corrected chi connectivity index (χ1v) is 10.6. The third-order valence-corrected chi connectivity index (χ3v) is 6.33. The lowest BCUT2D eigenvalue weighted by Gasteiger charge is -2.28. The Morgan fingerprint density at radius 1 is 1.21 bits per heavy atom. The number of benzene rings is 1. The topological polar surface area (TPSA) is 54.5 Å². The number of carbonyl (C=O) groups is 1. The van der Waals surface area contributed by atoms with Crippen LogP contribution in [0, 0.1) is 6.92 Å². The minimum atomic E-state index is -3.26. The number of hydrogen-bond acceptors (Lipinski definition) is 4. The van der Waals surface area contributed by atoms with E-state index in [0.717, 1.165) is 12.7 Å². The number of aryl methyl sites for hydroxylation is 1. The van der Waals surface area contributed by atoms with Crippen LogP contribution in [-0.2, 0) is 16.4 Å². The van der Waals surface area contributed by atoms with Crippen molar-refractivity contribution in [2.75, 3.05) is 6.26 Å². The van der Waals surface area contributed by atoms with E-state index in [1.165, 1.54) is 22.6 Å². The zero-order chi connectivity index (χ0) is 17.9. The van der Waals surface area contributed by atoms with Gasteiger partial charge in [0.25, 0.3) is 5.91 Å². The molecule has 6 heteroatoms. The van der Waals surface area contributed by atoms with Gasteiger partial charge in [0.2, 0.25) is 0 Å². The molecule has 0 aliphatic heterocycles. The fraction of sp³-hybridized carbons (Fsp3) is 0.389. The van der Waals surface area contributed by atoms with Crippen LogP contribution in [0.15, 0.2) is 40.6 Å². The van der Waals surface area contributed by atoms with Gasteiger partial charge in [0.15, 0.2) is 9.84 Å². The standard InChI is InChI=1S/C18H23NO3S2/c1-5-14(3)19(12-17-13(2)10-11-23-17)18(20)15-6-8-16(9-7-15)24(4,21)22/h6-11,14H,5,12H2,1-4H3/t14-/m1/s1. The van der Waals surface area contributed by atoms with Crippen molar-refractivity contribution in [1.29, 1.82) is 0 Å². The van der Waals surface area contributed by atoms with Gasteiger partial charge >= 0.3 is 0 Å². The Morgan fingerprint density at radius 3 is 2.29 bits per heavy atom. The molecule has 0 bridgehead atoms. The lowest BCUT2D eigenvalue weighted by atomic mass is 10.1. The van der Waals surface area contributed by atoms with Crippen LogP contribution in [0.2, 0.25) is 0 Å². The van der Waals surface area contributed by atoms with Gasteiger partial charge in [-0.1, -0.05) is 6.92 Å². The average Bonchev–Trinajstić information content (AvgIpc) is 2.95. The number of rotatable bonds is 6. The van der Waals surface area contributed by atoms with Gasteiger partial charge in [-0.25, -0.2) is 8.42 Å². The van der Waals surface area contributed by atoms with E-state index in [1.807, 2.05) is 24.1 Å². The highest BCUT2D eigenvalue weighted by Crippen LogP contribution is 2.22. The number of carbonyl (C=O) groups excluding carboxylic acids is 1. The molecular formula is C18H23NO3S2. The van der Waals surface area contributed by atoms with Crippen molar-refractivity contribution in [3.63, 3.8) is 0 Å². The fourth-order valence-corrected chi connectivity index (χ4v) is 3.91. The monoisotopic (exact) mass is 365 g/mol. The first-order chi connectivity index (χ1) is 11.2. The van der Waals surface area contributed by atoms with E-state index in [9.17, 15) is 13.2 Å². The SMILES string of the molecule is CC[C@@H](C)N(Cc1sccc1C)C(=O)c1ccc(S(C)(=O)=O)cc1. The predicted octanol–water partition coefficient (Wildman–Crippen LogP) is 3.90. The summed E-state index contributed by atoms with van der Waals surface area (Å²) < 4.78 is 23.1. The van der Waals surface area contributed by atoms with Crippen LogP contribution in [0.1, 0.15) is 41.1 Å². The summed E-state index contributed by atoms with van der Waals surface area (Å²) in [6.07, 6.45) is 2.02. The van der Waals surface area contributed by atoms with Crippen molar-refractivity contribution >= 4 is 27.1 Å². The van der Waals surface area contributed by atoms with E-state index < -0.39 is 9.84 Å². The van der Waals surface area contributed by atoms with E-state index in [1.54, 1.807) is 23.5 Å². The zero-order valence-electron chi connectivity index (χ0n) is 14.4. The summed E-state index contributed by atoms with van der Waals surface area (Å²) in [6.45, 7) is 6.71. The summed E-state index contributed by atoms with van der Waals surface area (Å²) in [5.74, 6) is -0.0720. The molecule has 1 aromatic carbocycles. The third kappa shape index (κ3) is 4.24. The largest absolute Gasteiger partial charge is 0.331 e. The molecule has 0 fully saturated rings. The van der Waals surface area contributed by atoms with Crippen LogP contribution in [0.5, 0.6) is 0 Å². The molecule has 0 unspecified atom stereocenters. The van der Waals surface area contributed by atoms with Crippen LogP contribution in [0.3, 0.4) is 0 Å². The van der Waals surface area contributed by atoms with Crippen molar-refractivity contribution in [3.8, 4) is 0 Å². The number of sulfone groups is 1. The third-order valence-electron chi connectivity index (χ3n) is 4.20. The normalized spacial score (nSPS) is 12.8. The molecule has 0 radical (unpaired) electrons. The summed E-state index contributed by atoms with van der Waals surface area (Å²) in [4.78, 5) is 16.2. The van der Waals surface area contributed by atoms with E-state index in [2.05, 4.69) is 13.0 Å². The Hall–Kier alpha value is -1.66. The molecule has 0 spiro atoms. The second kappa shape index (κ2) is 7.49. The van der Waals surface area contributed by atoms with Crippen molar-refractivity contribution in [2.45, 2.75) is 44.7 Å². The molecule has 2 rings (SSSR count). The molecule has 1 heterocycles. The maximum Gasteiger partial charge on any atom is 0.254 e. The average molecular weight is 366 g/mol. The van der Waals surface area contributed by atoms with Crippen LogP contribution in [0.25, 0.3) is 0 Å². The lowest BCUT2D eigenvalue weighted by Crippen LogP contribution is -2.37. The lowest BCUT2D eigenvalue weighted by molar-refractivity contribution is 0.0673. The van der Waals surface area contributed by atoms with Crippen molar-refractivity contribution < 1.29 is 13.2 Å². The van der Waals surface area contributed by atoms with Gasteiger partial charge in [0.05, 0.1) is 11.4 Å². The van der Waals surface area contributed by atoms with Crippen molar-refractivity contribution in [3.05, 3.63) is 51.7 Å². The first-order valence-electron chi connectivity index (χ1n) is 7.88. The summed E-state index contributed by atoms with van der Waals surface area (Å²) >= 11 is 1.65. The Kier molecular flexibility index (Phi) is 5.83. The predicted molar refractivity (Wildman–Crippen MR) is 98.2 cm³/mol. The number of thiophene rings is 1. The Bertz CT molecular complexity index is 807. The molecule has 1 aromatic heterocycles. The van der Waals surface area contributed by atoms with Gasteiger partial charge in [-0.3, -0.25) is 4.79 Å². The highest BCUT2D eigenvalue weighted by Gasteiger charge is 2.22. The smallest absolute Gasteiger partial charge is 0.254 e. The number of nitrogens with zero attached hydrogens (tertiary/aromatic N) is 1. The molecule has 0 N–H and O–H groups in total. The second-order valence-electron chi connectivity index (χ2n) is 6.01. The maximum atomic E-state index is 12.9. The second-order valence-corrected chi connectivity index (χ2v) is 9.03. The number of hydrogen-bond donors (Lipinski definition) is 0. The molecule has 0 saturated heterocycles. The molecule has 2 aromatic rings. The van der Waals surface area contributed by atoms with Crippen molar-refractivity contribution in [2.24, 2.45) is 0 Å². The van der Waals surface area contributed by atoms with E-state index >= 15 is 0 Å². The van der Waals surface area contributed by atoms with E-state index in [0.29, 0.717) is 12.1 Å². The van der Waals surface area contributed by atoms with Crippen LogP contribution in [0.4, 0.5) is 0 Å². The number of amides is 1. The highest BCUT2D eigenvalue weighted by molar-refractivity contribution is 7.90. The maximum absolute atomic E-state index is 12.9. The van der Waals surface area contributed by atoms with Gasteiger partial charge < -0.3 is 4.90 Å². The Morgan fingerprint density at radius 2 is 1.83 bits per heavy atom.